The van der Waals surface area contributed by atoms with Gasteiger partial charge in [0.1, 0.15) is 0 Å². The molecule has 0 aromatic heterocycles. The van der Waals surface area contributed by atoms with Gasteiger partial charge in [0.15, 0.2) is 0 Å². The van der Waals surface area contributed by atoms with E-state index in [0.29, 0.717) is 6.42 Å². The van der Waals surface area contributed by atoms with Crippen LogP contribution in [0.15, 0.2) is 0 Å². The molecule has 0 aromatic rings. The van der Waals surface area contributed by atoms with Crippen LogP contribution >= 0.6 is 0 Å². The lowest BCUT2D eigenvalue weighted by atomic mass is 10.2. The van der Waals surface area contributed by atoms with Gasteiger partial charge >= 0.3 is 0 Å². The van der Waals surface area contributed by atoms with Crippen LogP contribution < -0.4 is 0 Å². The van der Waals surface area contributed by atoms with Gasteiger partial charge in [-0.2, -0.15) is 0 Å². The second kappa shape index (κ2) is 6.86. The van der Waals surface area contributed by atoms with E-state index in [4.69, 9.17) is 0 Å². The largest absolute Gasteiger partial charge is 0.349 e. The van der Waals surface area contributed by atoms with Crippen LogP contribution in [0.2, 0.25) is 0 Å². The van der Waals surface area contributed by atoms with E-state index in [2.05, 4.69) is 16.7 Å². The molecule has 4 nitrogen and oxygen atoms in total. The van der Waals surface area contributed by atoms with Gasteiger partial charge in [0.25, 0.3) is 0 Å². The average Bonchev–Trinajstić information content (AvgIpc) is 2.28. The van der Waals surface area contributed by atoms with Crippen LogP contribution in [-0.4, -0.2) is 74.0 Å². The van der Waals surface area contributed by atoms with E-state index in [9.17, 15) is 4.79 Å². The van der Waals surface area contributed by atoms with Crippen LogP contribution in [0.5, 0.6) is 0 Å². The highest BCUT2D eigenvalue weighted by atomic mass is 16.2. The smallest absolute Gasteiger partial charge is 0.223 e. The van der Waals surface area contributed by atoms with Crippen molar-refractivity contribution in [1.29, 1.82) is 0 Å². The molecule has 0 aromatic carbocycles. The summed E-state index contributed by atoms with van der Waals surface area (Å²) in [5.41, 5.74) is 0. The van der Waals surface area contributed by atoms with E-state index >= 15 is 0 Å². The van der Waals surface area contributed by atoms with Crippen molar-refractivity contribution in [2.24, 2.45) is 0 Å². The Morgan fingerprint density at radius 2 is 1.56 bits per heavy atom. The summed E-state index contributed by atoms with van der Waals surface area (Å²) < 4.78 is 0. The van der Waals surface area contributed by atoms with Crippen LogP contribution in [0, 0.1) is 0 Å². The van der Waals surface area contributed by atoms with Gasteiger partial charge in [-0.3, -0.25) is 4.79 Å². The quantitative estimate of drug-likeness (QED) is 0.684. The number of carbonyl (C=O) groups is 1. The maximum atomic E-state index is 11.4. The third-order valence-corrected chi connectivity index (χ3v) is 3.15. The fourth-order valence-electron chi connectivity index (χ4n) is 2.03. The molecule has 0 radical (unpaired) electrons. The fraction of sp³-hybridized carbons (Fsp3) is 0.917. The molecule has 1 saturated heterocycles. The number of rotatable bonds is 5. The lowest BCUT2D eigenvalue weighted by molar-refractivity contribution is -0.129. The number of piperazine rings is 1. The molecule has 1 aliphatic heterocycles. The van der Waals surface area contributed by atoms with Gasteiger partial charge in [0, 0.05) is 53.2 Å². The Morgan fingerprint density at radius 3 is 2.00 bits per heavy atom. The van der Waals surface area contributed by atoms with Crippen LogP contribution in [0.1, 0.15) is 19.8 Å². The zero-order valence-electron chi connectivity index (χ0n) is 10.9. The fourth-order valence-corrected chi connectivity index (χ4v) is 2.03. The Labute approximate surface area is 99.2 Å². The van der Waals surface area contributed by atoms with Crippen LogP contribution in [0.4, 0.5) is 0 Å². The molecule has 0 atom stereocenters. The Kier molecular flexibility index (Phi) is 5.77. The lowest BCUT2D eigenvalue weighted by Crippen LogP contribution is -2.47. The monoisotopic (exact) mass is 227 g/mol. The SMILES string of the molecule is CCCN1CCN(CCC(=O)N(C)C)CC1. The van der Waals surface area contributed by atoms with Crippen molar-refractivity contribution in [3.63, 3.8) is 0 Å². The molecular weight excluding hydrogens is 202 g/mol. The van der Waals surface area contributed by atoms with Gasteiger partial charge in [-0.1, -0.05) is 6.92 Å². The number of hydrogen-bond acceptors (Lipinski definition) is 3. The summed E-state index contributed by atoms with van der Waals surface area (Å²) in [7, 11) is 3.64. The molecule has 0 saturated carbocycles. The predicted molar refractivity (Wildman–Crippen MR) is 66.5 cm³/mol. The molecule has 1 heterocycles. The number of amides is 1. The predicted octanol–water partition coefficient (Wildman–Crippen LogP) is 0.492. The maximum Gasteiger partial charge on any atom is 0.223 e. The third kappa shape index (κ3) is 4.49. The van der Waals surface area contributed by atoms with Crippen molar-refractivity contribution < 1.29 is 4.79 Å². The number of nitrogens with zero attached hydrogens (tertiary/aromatic N) is 3. The summed E-state index contributed by atoms with van der Waals surface area (Å²) in [5, 5.41) is 0. The topological polar surface area (TPSA) is 26.8 Å². The van der Waals surface area contributed by atoms with E-state index in [-0.39, 0.29) is 5.91 Å². The van der Waals surface area contributed by atoms with Crippen molar-refractivity contribution >= 4 is 5.91 Å². The van der Waals surface area contributed by atoms with Crippen molar-refractivity contribution in [3.8, 4) is 0 Å². The normalized spacial score (nSPS) is 18.7. The van der Waals surface area contributed by atoms with E-state index in [1.807, 2.05) is 14.1 Å². The highest BCUT2D eigenvalue weighted by Gasteiger charge is 2.16. The van der Waals surface area contributed by atoms with Crippen molar-refractivity contribution in [2.45, 2.75) is 19.8 Å². The zero-order chi connectivity index (χ0) is 12.0. The van der Waals surface area contributed by atoms with Gasteiger partial charge < -0.3 is 14.7 Å². The third-order valence-electron chi connectivity index (χ3n) is 3.15. The average molecular weight is 227 g/mol. The molecule has 1 fully saturated rings. The van der Waals surface area contributed by atoms with Crippen molar-refractivity contribution in [1.82, 2.24) is 14.7 Å². The number of carbonyl (C=O) groups excluding carboxylic acids is 1. The molecule has 16 heavy (non-hydrogen) atoms. The summed E-state index contributed by atoms with van der Waals surface area (Å²) in [6.45, 7) is 8.89. The molecule has 94 valence electrons. The summed E-state index contributed by atoms with van der Waals surface area (Å²) in [4.78, 5) is 18.0. The summed E-state index contributed by atoms with van der Waals surface area (Å²) >= 11 is 0. The van der Waals surface area contributed by atoms with Crippen molar-refractivity contribution in [3.05, 3.63) is 0 Å². The first-order valence-electron chi connectivity index (χ1n) is 6.28. The molecule has 0 aliphatic carbocycles. The molecule has 4 heteroatoms. The Balaban J connectivity index is 2.15. The maximum absolute atomic E-state index is 11.4. The summed E-state index contributed by atoms with van der Waals surface area (Å²) in [6.07, 6.45) is 1.89. The van der Waals surface area contributed by atoms with Crippen LogP contribution in [0.3, 0.4) is 0 Å². The first kappa shape index (κ1) is 13.5. The van der Waals surface area contributed by atoms with Crippen LogP contribution in [0.25, 0.3) is 0 Å². The molecule has 0 N–H and O–H groups in total. The van der Waals surface area contributed by atoms with Crippen molar-refractivity contribution in [2.75, 3.05) is 53.4 Å². The standard InChI is InChI=1S/C12H25N3O/c1-4-6-14-8-10-15(11-9-14)7-5-12(16)13(2)3/h4-11H2,1-3H3. The van der Waals surface area contributed by atoms with E-state index in [1.54, 1.807) is 4.90 Å². The molecule has 0 bridgehead atoms. The zero-order valence-corrected chi connectivity index (χ0v) is 10.9. The molecule has 1 rings (SSSR count). The summed E-state index contributed by atoms with van der Waals surface area (Å²) in [5.74, 6) is 0.232. The Hall–Kier alpha value is -0.610. The van der Waals surface area contributed by atoms with Gasteiger partial charge in [0.2, 0.25) is 5.91 Å². The van der Waals surface area contributed by atoms with Gasteiger partial charge in [-0.15, -0.1) is 0 Å². The minimum absolute atomic E-state index is 0.232. The highest BCUT2D eigenvalue weighted by Crippen LogP contribution is 2.03. The Bertz CT molecular complexity index is 210. The van der Waals surface area contributed by atoms with Gasteiger partial charge in [-0.25, -0.2) is 0 Å². The first-order chi connectivity index (χ1) is 7.63. The van der Waals surface area contributed by atoms with E-state index < -0.39 is 0 Å². The minimum atomic E-state index is 0.232. The first-order valence-corrected chi connectivity index (χ1v) is 6.28. The lowest BCUT2D eigenvalue weighted by Gasteiger charge is -2.34. The Morgan fingerprint density at radius 1 is 1.06 bits per heavy atom. The van der Waals surface area contributed by atoms with Gasteiger partial charge in [0.05, 0.1) is 0 Å². The van der Waals surface area contributed by atoms with E-state index in [1.165, 1.54) is 13.0 Å². The highest BCUT2D eigenvalue weighted by molar-refractivity contribution is 5.75. The molecule has 0 spiro atoms. The summed E-state index contributed by atoms with van der Waals surface area (Å²) in [6, 6.07) is 0. The number of hydrogen-bond donors (Lipinski definition) is 0. The second-order valence-electron chi connectivity index (χ2n) is 4.72. The molecule has 1 amide bonds. The second-order valence-corrected chi connectivity index (χ2v) is 4.72. The van der Waals surface area contributed by atoms with Crippen LogP contribution in [-0.2, 0) is 4.79 Å². The molecule has 0 unspecified atom stereocenters. The molecule has 1 aliphatic rings. The minimum Gasteiger partial charge on any atom is -0.349 e. The molecular formula is C12H25N3O. The van der Waals surface area contributed by atoms with Gasteiger partial charge in [-0.05, 0) is 13.0 Å². The van der Waals surface area contributed by atoms with E-state index in [0.717, 1.165) is 32.7 Å².